The van der Waals surface area contributed by atoms with Gasteiger partial charge in [-0.1, -0.05) is 6.92 Å². The third-order valence-corrected chi connectivity index (χ3v) is 3.82. The van der Waals surface area contributed by atoms with Gasteiger partial charge >= 0.3 is 0 Å². The molecule has 1 aromatic heterocycles. The third-order valence-electron chi connectivity index (χ3n) is 3.82. The van der Waals surface area contributed by atoms with Crippen LogP contribution in [0.15, 0.2) is 6.20 Å². The second-order valence-electron chi connectivity index (χ2n) is 5.08. The van der Waals surface area contributed by atoms with Gasteiger partial charge in [-0.3, -0.25) is 4.79 Å². The summed E-state index contributed by atoms with van der Waals surface area (Å²) in [6.45, 7) is 6.24. The average Bonchev–Trinajstić information content (AvgIpc) is 2.80. The van der Waals surface area contributed by atoms with Crippen molar-refractivity contribution >= 4 is 5.91 Å². The summed E-state index contributed by atoms with van der Waals surface area (Å²) in [5.41, 5.74) is 1.17. The van der Waals surface area contributed by atoms with Crippen molar-refractivity contribution in [2.75, 3.05) is 20.2 Å². The summed E-state index contributed by atoms with van der Waals surface area (Å²) in [5, 5.41) is 0. The van der Waals surface area contributed by atoms with E-state index in [2.05, 4.69) is 16.5 Å². The molecule has 1 saturated heterocycles. The number of piperidine rings is 1. The second-order valence-corrected chi connectivity index (χ2v) is 5.08. The largest absolute Gasteiger partial charge is 0.377 e. The van der Waals surface area contributed by atoms with Crippen molar-refractivity contribution in [1.82, 2.24) is 14.5 Å². The van der Waals surface area contributed by atoms with Crippen molar-refractivity contribution in [3.05, 3.63) is 17.7 Å². The summed E-state index contributed by atoms with van der Waals surface area (Å²) in [7, 11) is 1.69. The lowest BCUT2D eigenvalue weighted by Gasteiger charge is -2.33. The smallest absolute Gasteiger partial charge is 0.222 e. The highest BCUT2D eigenvalue weighted by molar-refractivity contribution is 5.75. The summed E-state index contributed by atoms with van der Waals surface area (Å²) >= 11 is 0. The number of aryl methyl sites for hydroxylation is 1. The van der Waals surface area contributed by atoms with E-state index in [1.807, 2.05) is 18.0 Å². The van der Waals surface area contributed by atoms with E-state index in [9.17, 15) is 4.79 Å². The molecule has 1 fully saturated rings. The number of methoxy groups -OCH3 is 1. The number of amides is 1. The minimum atomic E-state index is 0.262. The minimum Gasteiger partial charge on any atom is -0.377 e. The van der Waals surface area contributed by atoms with Gasteiger partial charge in [0.05, 0.1) is 0 Å². The number of ether oxygens (including phenoxy) is 1. The van der Waals surface area contributed by atoms with E-state index in [4.69, 9.17) is 4.74 Å². The molecule has 0 bridgehead atoms. The molecule has 0 saturated carbocycles. The van der Waals surface area contributed by atoms with Crippen molar-refractivity contribution in [3.8, 4) is 0 Å². The molecule has 2 rings (SSSR count). The van der Waals surface area contributed by atoms with E-state index in [-0.39, 0.29) is 5.91 Å². The molecule has 19 heavy (non-hydrogen) atoms. The van der Waals surface area contributed by atoms with Gasteiger partial charge in [-0.05, 0) is 19.8 Å². The highest BCUT2D eigenvalue weighted by Gasteiger charge is 2.25. The summed E-state index contributed by atoms with van der Waals surface area (Å²) in [6.07, 6.45) is 4.50. The van der Waals surface area contributed by atoms with Gasteiger partial charge in [0.2, 0.25) is 5.91 Å². The fraction of sp³-hybridized carbons (Fsp3) is 0.714. The van der Waals surface area contributed by atoms with Crippen LogP contribution >= 0.6 is 0 Å². The average molecular weight is 265 g/mol. The number of hydrogen-bond acceptors (Lipinski definition) is 3. The molecule has 0 unspecified atom stereocenters. The monoisotopic (exact) mass is 265 g/mol. The first kappa shape index (κ1) is 14.1. The SMILES string of the molecule is CCC(=O)N1CCC(n2c(C)cnc2COC)CC1. The van der Waals surface area contributed by atoms with Crippen LogP contribution < -0.4 is 0 Å². The molecule has 1 aliphatic rings. The van der Waals surface area contributed by atoms with Crippen LogP contribution in [-0.2, 0) is 16.1 Å². The molecule has 5 nitrogen and oxygen atoms in total. The maximum atomic E-state index is 11.7. The zero-order valence-corrected chi connectivity index (χ0v) is 12.1. The molecule has 1 aliphatic heterocycles. The molecule has 0 aliphatic carbocycles. The number of nitrogens with zero attached hydrogens (tertiary/aromatic N) is 3. The zero-order valence-electron chi connectivity index (χ0n) is 12.1. The molecule has 106 valence electrons. The second kappa shape index (κ2) is 6.19. The third kappa shape index (κ3) is 2.97. The predicted molar refractivity (Wildman–Crippen MR) is 72.8 cm³/mol. The molecular formula is C14H23N3O2. The Hall–Kier alpha value is -1.36. The number of carbonyl (C=O) groups is 1. The molecule has 0 aromatic carbocycles. The van der Waals surface area contributed by atoms with Crippen LogP contribution in [0.5, 0.6) is 0 Å². The van der Waals surface area contributed by atoms with Crippen molar-refractivity contribution in [2.24, 2.45) is 0 Å². The highest BCUT2D eigenvalue weighted by Crippen LogP contribution is 2.26. The molecule has 5 heteroatoms. The van der Waals surface area contributed by atoms with E-state index >= 15 is 0 Å². The van der Waals surface area contributed by atoms with Gasteiger partial charge in [-0.25, -0.2) is 4.98 Å². The summed E-state index contributed by atoms with van der Waals surface area (Å²) < 4.78 is 7.48. The maximum Gasteiger partial charge on any atom is 0.222 e. The fourth-order valence-corrected chi connectivity index (χ4v) is 2.83. The molecule has 1 aromatic rings. The molecule has 1 amide bonds. The van der Waals surface area contributed by atoms with Gasteiger partial charge in [0.15, 0.2) is 0 Å². The highest BCUT2D eigenvalue weighted by atomic mass is 16.5. The Labute approximate surface area is 114 Å². The Morgan fingerprint density at radius 1 is 1.47 bits per heavy atom. The van der Waals surface area contributed by atoms with Crippen LogP contribution in [-0.4, -0.2) is 40.6 Å². The number of rotatable bonds is 4. The van der Waals surface area contributed by atoms with Crippen LogP contribution in [0, 0.1) is 6.92 Å². The number of carbonyl (C=O) groups excluding carboxylic acids is 1. The summed E-state index contributed by atoms with van der Waals surface area (Å²) in [5.74, 6) is 1.25. The Bertz CT molecular complexity index is 434. The molecule has 0 spiro atoms. The fourth-order valence-electron chi connectivity index (χ4n) is 2.83. The van der Waals surface area contributed by atoms with E-state index in [1.165, 1.54) is 5.69 Å². The van der Waals surface area contributed by atoms with Crippen molar-refractivity contribution in [3.63, 3.8) is 0 Å². The normalized spacial score (nSPS) is 16.9. The maximum absolute atomic E-state index is 11.7. The first-order valence-electron chi connectivity index (χ1n) is 6.96. The van der Waals surface area contributed by atoms with Crippen LogP contribution in [0.2, 0.25) is 0 Å². The van der Waals surface area contributed by atoms with Crippen molar-refractivity contribution in [1.29, 1.82) is 0 Å². The lowest BCUT2D eigenvalue weighted by atomic mass is 10.0. The van der Waals surface area contributed by atoms with Gasteiger partial charge in [-0.2, -0.15) is 0 Å². The Morgan fingerprint density at radius 2 is 2.16 bits per heavy atom. The Balaban J connectivity index is 2.05. The number of likely N-dealkylation sites (tertiary alicyclic amines) is 1. The van der Waals surface area contributed by atoms with E-state index in [1.54, 1.807) is 7.11 Å². The summed E-state index contributed by atoms with van der Waals surface area (Å²) in [6, 6.07) is 0.438. The van der Waals surface area contributed by atoms with Gasteiger partial charge < -0.3 is 14.2 Å². The lowest BCUT2D eigenvalue weighted by Crippen LogP contribution is -2.39. The summed E-state index contributed by atoms with van der Waals surface area (Å²) in [4.78, 5) is 18.1. The Morgan fingerprint density at radius 3 is 2.74 bits per heavy atom. The molecule has 0 atom stereocenters. The van der Waals surface area contributed by atoms with Gasteiger partial charge in [-0.15, -0.1) is 0 Å². The van der Waals surface area contributed by atoms with E-state index < -0.39 is 0 Å². The first-order valence-corrected chi connectivity index (χ1v) is 6.96. The predicted octanol–water partition coefficient (Wildman–Crippen LogP) is 1.91. The standard InChI is InChI=1S/C14H23N3O2/c1-4-14(18)16-7-5-12(6-8-16)17-11(2)9-15-13(17)10-19-3/h9,12H,4-8,10H2,1-3H3. The van der Waals surface area contributed by atoms with Crippen molar-refractivity contribution in [2.45, 2.75) is 45.8 Å². The van der Waals surface area contributed by atoms with Gasteiger partial charge in [0, 0.05) is 44.6 Å². The molecule has 2 heterocycles. The molecular weight excluding hydrogens is 242 g/mol. The lowest BCUT2D eigenvalue weighted by molar-refractivity contribution is -0.132. The van der Waals surface area contributed by atoms with Crippen LogP contribution in [0.3, 0.4) is 0 Å². The molecule has 0 radical (unpaired) electrons. The first-order chi connectivity index (χ1) is 9.17. The van der Waals surface area contributed by atoms with E-state index in [0.717, 1.165) is 31.8 Å². The van der Waals surface area contributed by atoms with Crippen molar-refractivity contribution < 1.29 is 9.53 Å². The number of hydrogen-bond donors (Lipinski definition) is 0. The van der Waals surface area contributed by atoms with Gasteiger partial charge in [0.1, 0.15) is 12.4 Å². The van der Waals surface area contributed by atoms with Crippen LogP contribution in [0.4, 0.5) is 0 Å². The topological polar surface area (TPSA) is 47.4 Å². The Kier molecular flexibility index (Phi) is 4.58. The molecule has 0 N–H and O–H groups in total. The zero-order chi connectivity index (χ0) is 13.8. The van der Waals surface area contributed by atoms with Crippen LogP contribution in [0.1, 0.15) is 43.7 Å². The number of aromatic nitrogens is 2. The number of imidazole rings is 1. The quantitative estimate of drug-likeness (QED) is 0.835. The van der Waals surface area contributed by atoms with Gasteiger partial charge in [0.25, 0.3) is 0 Å². The van der Waals surface area contributed by atoms with Crippen LogP contribution in [0.25, 0.3) is 0 Å². The van der Waals surface area contributed by atoms with E-state index in [0.29, 0.717) is 19.1 Å². The minimum absolute atomic E-state index is 0.262.